The van der Waals surface area contributed by atoms with E-state index in [9.17, 15) is 4.79 Å². The molecule has 0 amide bonds. The number of rotatable bonds is 2. The van der Waals surface area contributed by atoms with Crippen LogP contribution >= 0.6 is 0 Å². The van der Waals surface area contributed by atoms with Crippen LogP contribution in [-0.4, -0.2) is 36.5 Å². The van der Waals surface area contributed by atoms with Crippen molar-refractivity contribution in [3.8, 4) is 11.4 Å². The van der Waals surface area contributed by atoms with Gasteiger partial charge in [-0.2, -0.15) is 4.52 Å². The molecule has 8 nitrogen and oxygen atoms in total. The van der Waals surface area contributed by atoms with Gasteiger partial charge in [-0.1, -0.05) is 0 Å². The average Bonchev–Trinajstić information content (AvgIpc) is 3.19. The largest absolute Gasteiger partial charge is 0.497 e. The monoisotopic (exact) mass is 360 g/mol. The van der Waals surface area contributed by atoms with Gasteiger partial charge in [0.15, 0.2) is 16.9 Å². The van der Waals surface area contributed by atoms with Crippen LogP contribution in [0.1, 0.15) is 11.3 Å². The van der Waals surface area contributed by atoms with Gasteiger partial charge < -0.3 is 4.74 Å². The van der Waals surface area contributed by atoms with Crippen LogP contribution in [-0.2, 0) is 0 Å². The van der Waals surface area contributed by atoms with Crippen molar-refractivity contribution in [1.82, 2.24) is 29.4 Å². The number of H-pyrrole nitrogens is 1. The highest BCUT2D eigenvalue weighted by atomic mass is 16.5. The maximum absolute atomic E-state index is 12.9. The number of hydrogen-bond donors (Lipinski definition) is 1. The van der Waals surface area contributed by atoms with E-state index < -0.39 is 0 Å². The Morgan fingerprint density at radius 1 is 1.15 bits per heavy atom. The molecule has 0 saturated carbocycles. The fourth-order valence-corrected chi connectivity index (χ4v) is 3.44. The van der Waals surface area contributed by atoms with E-state index in [-0.39, 0.29) is 5.56 Å². The van der Waals surface area contributed by atoms with Crippen LogP contribution < -0.4 is 10.3 Å². The fourth-order valence-electron chi connectivity index (χ4n) is 3.44. The smallest absolute Gasteiger partial charge is 0.282 e. The Morgan fingerprint density at radius 3 is 2.67 bits per heavy atom. The lowest BCUT2D eigenvalue weighted by Gasteiger charge is -2.03. The number of nitrogens with one attached hydrogen (secondary N) is 1. The minimum atomic E-state index is -0.190. The van der Waals surface area contributed by atoms with Gasteiger partial charge in [-0.15, -0.1) is 5.10 Å². The SMILES string of the molecule is COc1ccc(-n2[nH]c3c(cnc4c5c(C)cc(C)nc5nn43)c2=O)cc1. The third-order valence-electron chi connectivity index (χ3n) is 4.71. The van der Waals surface area contributed by atoms with Crippen molar-refractivity contribution in [3.05, 3.63) is 58.1 Å². The molecule has 0 spiro atoms. The van der Waals surface area contributed by atoms with Gasteiger partial charge in [0.05, 0.1) is 18.2 Å². The maximum atomic E-state index is 12.9. The summed E-state index contributed by atoms with van der Waals surface area (Å²) in [6.45, 7) is 3.94. The molecule has 27 heavy (non-hydrogen) atoms. The van der Waals surface area contributed by atoms with Gasteiger partial charge in [-0.3, -0.25) is 9.89 Å². The Labute approximate surface area is 153 Å². The highest BCUT2D eigenvalue weighted by Gasteiger charge is 2.17. The van der Waals surface area contributed by atoms with Crippen molar-refractivity contribution in [3.63, 3.8) is 0 Å². The molecule has 4 heterocycles. The van der Waals surface area contributed by atoms with Gasteiger partial charge in [0.2, 0.25) is 0 Å². The standard InChI is InChI=1S/C19H16N6O2/c1-10-8-11(2)21-16-15(10)18-20-9-14-17(25(18)22-16)23-24(19(14)26)12-4-6-13(27-3)7-5-12/h4-9,23H,1-3H3. The molecule has 4 aromatic heterocycles. The first-order chi connectivity index (χ1) is 13.1. The van der Waals surface area contributed by atoms with Gasteiger partial charge in [0.25, 0.3) is 5.56 Å². The predicted molar refractivity (Wildman–Crippen MR) is 102 cm³/mol. The summed E-state index contributed by atoms with van der Waals surface area (Å²) < 4.78 is 8.31. The van der Waals surface area contributed by atoms with E-state index in [1.807, 2.05) is 32.0 Å². The molecule has 0 aliphatic heterocycles. The number of aryl methyl sites for hydroxylation is 2. The van der Waals surface area contributed by atoms with E-state index in [1.54, 1.807) is 30.0 Å². The number of nitrogens with zero attached hydrogens (tertiary/aromatic N) is 5. The van der Waals surface area contributed by atoms with E-state index in [2.05, 4.69) is 20.2 Å². The summed E-state index contributed by atoms with van der Waals surface area (Å²) in [5, 5.41) is 9.08. The number of aromatic nitrogens is 6. The van der Waals surface area contributed by atoms with E-state index in [0.717, 1.165) is 22.4 Å². The summed E-state index contributed by atoms with van der Waals surface area (Å²) in [7, 11) is 1.60. The highest BCUT2D eigenvalue weighted by Crippen LogP contribution is 2.23. The molecule has 0 atom stereocenters. The van der Waals surface area contributed by atoms with Crippen LogP contribution in [0.2, 0.25) is 0 Å². The molecule has 134 valence electrons. The molecular formula is C19H16N6O2. The number of aromatic amines is 1. The molecule has 8 heteroatoms. The van der Waals surface area contributed by atoms with Crippen molar-refractivity contribution < 1.29 is 4.74 Å². The zero-order valence-corrected chi connectivity index (χ0v) is 15.0. The third-order valence-corrected chi connectivity index (χ3v) is 4.71. The first kappa shape index (κ1) is 15.6. The van der Waals surface area contributed by atoms with Crippen molar-refractivity contribution >= 4 is 27.7 Å². The lowest BCUT2D eigenvalue weighted by molar-refractivity contribution is 0.414. The Morgan fingerprint density at radius 2 is 1.93 bits per heavy atom. The second kappa shape index (κ2) is 5.41. The molecule has 5 aromatic rings. The van der Waals surface area contributed by atoms with Crippen molar-refractivity contribution in [2.75, 3.05) is 7.11 Å². The number of benzene rings is 1. The molecule has 1 aromatic carbocycles. The molecule has 0 aliphatic carbocycles. The van der Waals surface area contributed by atoms with Crippen LogP contribution in [0, 0.1) is 13.8 Å². The first-order valence-corrected chi connectivity index (χ1v) is 8.47. The maximum Gasteiger partial charge on any atom is 0.282 e. The van der Waals surface area contributed by atoms with E-state index in [0.29, 0.717) is 28.0 Å². The topological polar surface area (TPSA) is 90.1 Å². The van der Waals surface area contributed by atoms with Crippen molar-refractivity contribution in [1.29, 1.82) is 0 Å². The Hall–Kier alpha value is -3.68. The molecule has 0 saturated heterocycles. The molecule has 0 bridgehead atoms. The van der Waals surface area contributed by atoms with Crippen molar-refractivity contribution in [2.45, 2.75) is 13.8 Å². The Balaban J connectivity index is 1.83. The van der Waals surface area contributed by atoms with Crippen LogP contribution in [0.5, 0.6) is 5.75 Å². The fraction of sp³-hybridized carbons (Fsp3) is 0.158. The predicted octanol–water partition coefficient (Wildman–Crippen LogP) is 2.54. The second-order valence-electron chi connectivity index (χ2n) is 6.49. The Kier molecular flexibility index (Phi) is 3.12. The summed E-state index contributed by atoms with van der Waals surface area (Å²) in [5.74, 6) is 0.724. The summed E-state index contributed by atoms with van der Waals surface area (Å²) >= 11 is 0. The van der Waals surface area contributed by atoms with Crippen LogP contribution in [0.3, 0.4) is 0 Å². The molecule has 0 unspecified atom stereocenters. The van der Waals surface area contributed by atoms with E-state index in [1.165, 1.54) is 4.68 Å². The summed E-state index contributed by atoms with van der Waals surface area (Å²) in [6.07, 6.45) is 1.59. The lowest BCUT2D eigenvalue weighted by Crippen LogP contribution is -2.14. The van der Waals surface area contributed by atoms with Gasteiger partial charge in [-0.05, 0) is 49.7 Å². The molecular weight excluding hydrogens is 344 g/mol. The van der Waals surface area contributed by atoms with Gasteiger partial charge >= 0.3 is 0 Å². The van der Waals surface area contributed by atoms with E-state index in [4.69, 9.17) is 4.74 Å². The number of methoxy groups -OCH3 is 1. The van der Waals surface area contributed by atoms with Crippen LogP contribution in [0.4, 0.5) is 0 Å². The van der Waals surface area contributed by atoms with E-state index >= 15 is 0 Å². The summed E-state index contributed by atoms with van der Waals surface area (Å²) in [5.41, 5.74) is 4.32. The third kappa shape index (κ3) is 2.16. The van der Waals surface area contributed by atoms with Gasteiger partial charge in [0.1, 0.15) is 11.1 Å². The number of ether oxygens (including phenoxy) is 1. The molecule has 0 radical (unpaired) electrons. The normalized spacial score (nSPS) is 11.7. The molecule has 5 rings (SSSR count). The zero-order valence-electron chi connectivity index (χ0n) is 15.0. The molecule has 1 N–H and O–H groups in total. The quantitative estimate of drug-likeness (QED) is 0.522. The average molecular weight is 360 g/mol. The van der Waals surface area contributed by atoms with Gasteiger partial charge in [0, 0.05) is 11.9 Å². The number of fused-ring (bicyclic) bond motifs is 5. The Bertz CT molecular complexity index is 1390. The minimum absolute atomic E-state index is 0.190. The van der Waals surface area contributed by atoms with Crippen LogP contribution in [0.25, 0.3) is 33.4 Å². The van der Waals surface area contributed by atoms with Crippen molar-refractivity contribution in [2.24, 2.45) is 0 Å². The number of hydrogen-bond acceptors (Lipinski definition) is 5. The highest BCUT2D eigenvalue weighted by molar-refractivity contribution is 5.95. The minimum Gasteiger partial charge on any atom is -0.497 e. The number of pyridine rings is 1. The summed E-state index contributed by atoms with van der Waals surface area (Å²) in [4.78, 5) is 21.9. The molecule has 0 fully saturated rings. The molecule has 0 aliphatic rings. The zero-order chi connectivity index (χ0) is 18.7. The first-order valence-electron chi connectivity index (χ1n) is 8.47. The van der Waals surface area contributed by atoms with Gasteiger partial charge in [-0.25, -0.2) is 14.6 Å². The lowest BCUT2D eigenvalue weighted by atomic mass is 10.2. The summed E-state index contributed by atoms with van der Waals surface area (Å²) in [6, 6.07) is 9.24. The second-order valence-corrected chi connectivity index (χ2v) is 6.49. The van der Waals surface area contributed by atoms with Crippen LogP contribution in [0.15, 0.2) is 41.3 Å².